The van der Waals surface area contributed by atoms with Gasteiger partial charge in [0, 0.05) is 44.8 Å². The van der Waals surface area contributed by atoms with Crippen LogP contribution in [0.5, 0.6) is 0 Å². The number of nitrogens with zero attached hydrogens (tertiary/aromatic N) is 1. The summed E-state index contributed by atoms with van der Waals surface area (Å²) in [4.78, 5) is 27.5. The van der Waals surface area contributed by atoms with Gasteiger partial charge >= 0.3 is 0 Å². The SMILES string of the molecule is COCCCNC(=O)[C@H]1CN(C(=O)c2ccc(F)cc2)C[C@H]1c1ccc(C)cc1. The maximum absolute atomic E-state index is 13.2. The van der Waals surface area contributed by atoms with E-state index in [2.05, 4.69) is 5.32 Å². The van der Waals surface area contributed by atoms with Crippen LogP contribution in [0, 0.1) is 18.7 Å². The van der Waals surface area contributed by atoms with Crippen molar-refractivity contribution in [2.24, 2.45) is 5.92 Å². The summed E-state index contributed by atoms with van der Waals surface area (Å²) in [7, 11) is 1.63. The van der Waals surface area contributed by atoms with E-state index in [4.69, 9.17) is 4.74 Å². The smallest absolute Gasteiger partial charge is 0.253 e. The summed E-state index contributed by atoms with van der Waals surface area (Å²) >= 11 is 0. The monoisotopic (exact) mass is 398 g/mol. The molecule has 1 aliphatic rings. The average Bonchev–Trinajstić information content (AvgIpc) is 3.17. The van der Waals surface area contributed by atoms with Crippen molar-refractivity contribution >= 4 is 11.8 Å². The number of rotatable bonds is 7. The second kappa shape index (κ2) is 9.65. The summed E-state index contributed by atoms with van der Waals surface area (Å²) in [6.07, 6.45) is 0.738. The lowest BCUT2D eigenvalue weighted by molar-refractivity contribution is -0.124. The molecule has 0 unspecified atom stereocenters. The third-order valence-electron chi connectivity index (χ3n) is 5.36. The summed E-state index contributed by atoms with van der Waals surface area (Å²) in [5.74, 6) is -1.03. The molecule has 0 spiro atoms. The van der Waals surface area contributed by atoms with Gasteiger partial charge in [-0.2, -0.15) is 0 Å². The number of halogens is 1. The molecule has 2 aromatic carbocycles. The van der Waals surface area contributed by atoms with Crippen LogP contribution >= 0.6 is 0 Å². The Morgan fingerprint density at radius 2 is 1.79 bits per heavy atom. The fourth-order valence-electron chi connectivity index (χ4n) is 3.72. The molecule has 1 N–H and O–H groups in total. The molecule has 0 saturated carbocycles. The minimum atomic E-state index is -0.381. The minimum absolute atomic E-state index is 0.0546. The van der Waals surface area contributed by atoms with Crippen LogP contribution in [0.3, 0.4) is 0 Å². The van der Waals surface area contributed by atoms with E-state index >= 15 is 0 Å². The Kier molecular flexibility index (Phi) is 6.99. The van der Waals surface area contributed by atoms with E-state index < -0.39 is 0 Å². The van der Waals surface area contributed by atoms with Crippen molar-refractivity contribution in [2.45, 2.75) is 19.3 Å². The number of benzene rings is 2. The topological polar surface area (TPSA) is 58.6 Å². The molecule has 3 rings (SSSR count). The number of carbonyl (C=O) groups is 2. The first-order valence-corrected chi connectivity index (χ1v) is 9.87. The molecule has 5 nitrogen and oxygen atoms in total. The van der Waals surface area contributed by atoms with Gasteiger partial charge in [0.25, 0.3) is 5.91 Å². The summed E-state index contributed by atoms with van der Waals surface area (Å²) in [6.45, 7) is 3.93. The first-order valence-electron chi connectivity index (χ1n) is 9.87. The number of likely N-dealkylation sites (tertiary alicyclic amines) is 1. The van der Waals surface area contributed by atoms with Crippen LogP contribution in [0.4, 0.5) is 4.39 Å². The lowest BCUT2D eigenvalue weighted by atomic mass is 9.88. The van der Waals surface area contributed by atoms with Crippen molar-refractivity contribution in [3.63, 3.8) is 0 Å². The highest BCUT2D eigenvalue weighted by atomic mass is 19.1. The maximum atomic E-state index is 13.2. The van der Waals surface area contributed by atoms with E-state index in [-0.39, 0.29) is 29.5 Å². The molecular formula is C23H27FN2O3. The lowest BCUT2D eigenvalue weighted by Gasteiger charge is -2.18. The largest absolute Gasteiger partial charge is 0.385 e. The van der Waals surface area contributed by atoms with E-state index in [1.165, 1.54) is 24.3 Å². The number of carbonyl (C=O) groups excluding carboxylic acids is 2. The Morgan fingerprint density at radius 1 is 1.10 bits per heavy atom. The molecule has 154 valence electrons. The molecular weight excluding hydrogens is 371 g/mol. The second-order valence-corrected chi connectivity index (χ2v) is 7.48. The van der Waals surface area contributed by atoms with Crippen molar-refractivity contribution < 1.29 is 18.7 Å². The molecule has 2 atom stereocenters. The lowest BCUT2D eigenvalue weighted by Crippen LogP contribution is -2.36. The van der Waals surface area contributed by atoms with Gasteiger partial charge < -0.3 is 15.0 Å². The summed E-state index contributed by atoms with van der Waals surface area (Å²) in [5, 5.41) is 2.97. The molecule has 0 aromatic heterocycles. The highest BCUT2D eigenvalue weighted by molar-refractivity contribution is 5.95. The molecule has 6 heteroatoms. The van der Waals surface area contributed by atoms with Gasteiger partial charge in [0.15, 0.2) is 0 Å². The predicted molar refractivity (Wildman–Crippen MR) is 109 cm³/mol. The van der Waals surface area contributed by atoms with Crippen molar-refractivity contribution in [1.29, 1.82) is 0 Å². The molecule has 2 aromatic rings. The van der Waals surface area contributed by atoms with Gasteiger partial charge in [-0.25, -0.2) is 4.39 Å². The Labute approximate surface area is 170 Å². The normalized spacial score (nSPS) is 18.7. The molecule has 29 heavy (non-hydrogen) atoms. The van der Waals surface area contributed by atoms with E-state index in [1.807, 2.05) is 31.2 Å². The highest BCUT2D eigenvalue weighted by Gasteiger charge is 2.40. The van der Waals surface area contributed by atoms with Crippen LogP contribution in [0.15, 0.2) is 48.5 Å². The van der Waals surface area contributed by atoms with Gasteiger partial charge in [-0.1, -0.05) is 29.8 Å². The standard InChI is InChI=1S/C23H27FN2O3/c1-16-4-6-17(7-5-16)20-14-26(23(28)18-8-10-19(24)11-9-18)15-21(20)22(27)25-12-3-13-29-2/h4-11,20-21H,3,12-15H2,1-2H3,(H,25,27)/t20-,21-/m0/s1. The van der Waals surface area contributed by atoms with Crippen LogP contribution < -0.4 is 5.32 Å². The van der Waals surface area contributed by atoms with Crippen LogP contribution in [0.1, 0.15) is 33.8 Å². The number of hydrogen-bond donors (Lipinski definition) is 1. The molecule has 1 aliphatic heterocycles. The molecule has 0 radical (unpaired) electrons. The molecule has 2 amide bonds. The number of ether oxygens (including phenoxy) is 1. The number of methoxy groups -OCH3 is 1. The number of amides is 2. The Morgan fingerprint density at radius 3 is 2.45 bits per heavy atom. The number of nitrogens with one attached hydrogen (secondary N) is 1. The van der Waals surface area contributed by atoms with E-state index in [0.717, 1.165) is 17.5 Å². The zero-order valence-electron chi connectivity index (χ0n) is 16.9. The molecule has 1 heterocycles. The van der Waals surface area contributed by atoms with E-state index in [9.17, 15) is 14.0 Å². The van der Waals surface area contributed by atoms with Gasteiger partial charge in [-0.15, -0.1) is 0 Å². The van der Waals surface area contributed by atoms with Gasteiger partial charge in [0.05, 0.1) is 5.92 Å². The average molecular weight is 398 g/mol. The van der Waals surface area contributed by atoms with E-state index in [1.54, 1.807) is 12.0 Å². The molecule has 0 aliphatic carbocycles. The fraction of sp³-hybridized carbons (Fsp3) is 0.391. The summed E-state index contributed by atoms with van der Waals surface area (Å²) < 4.78 is 18.2. The third kappa shape index (κ3) is 5.21. The Hall–Kier alpha value is -2.73. The zero-order valence-corrected chi connectivity index (χ0v) is 16.9. The van der Waals surface area contributed by atoms with Crippen molar-refractivity contribution in [3.05, 3.63) is 71.0 Å². The van der Waals surface area contributed by atoms with Crippen molar-refractivity contribution in [3.8, 4) is 0 Å². The van der Waals surface area contributed by atoms with Gasteiger partial charge in [0.1, 0.15) is 5.82 Å². The van der Waals surface area contributed by atoms with Gasteiger partial charge in [0.2, 0.25) is 5.91 Å². The van der Waals surface area contributed by atoms with Crippen molar-refractivity contribution in [1.82, 2.24) is 10.2 Å². The quantitative estimate of drug-likeness (QED) is 0.729. The third-order valence-corrected chi connectivity index (χ3v) is 5.36. The Balaban J connectivity index is 1.77. The summed E-state index contributed by atoms with van der Waals surface area (Å²) in [6, 6.07) is 13.6. The maximum Gasteiger partial charge on any atom is 0.253 e. The van der Waals surface area contributed by atoms with Crippen LogP contribution in [-0.4, -0.2) is 50.1 Å². The molecule has 1 fully saturated rings. The van der Waals surface area contributed by atoms with Gasteiger partial charge in [-0.05, 0) is 43.2 Å². The number of aryl methyl sites for hydroxylation is 1. The summed E-state index contributed by atoms with van der Waals surface area (Å²) in [5.41, 5.74) is 2.61. The first kappa shape index (κ1) is 21.0. The minimum Gasteiger partial charge on any atom is -0.385 e. The van der Waals surface area contributed by atoms with Gasteiger partial charge in [-0.3, -0.25) is 9.59 Å². The van der Waals surface area contributed by atoms with Crippen molar-refractivity contribution in [2.75, 3.05) is 33.4 Å². The second-order valence-electron chi connectivity index (χ2n) is 7.48. The fourth-order valence-corrected chi connectivity index (χ4v) is 3.72. The first-order chi connectivity index (χ1) is 14.0. The molecule has 0 bridgehead atoms. The number of hydrogen-bond acceptors (Lipinski definition) is 3. The van der Waals surface area contributed by atoms with Crippen LogP contribution in [-0.2, 0) is 9.53 Å². The predicted octanol–water partition coefficient (Wildman–Crippen LogP) is 3.14. The van der Waals surface area contributed by atoms with Crippen LogP contribution in [0.25, 0.3) is 0 Å². The Bertz CT molecular complexity index is 836. The van der Waals surface area contributed by atoms with E-state index in [0.29, 0.717) is 31.8 Å². The van der Waals surface area contributed by atoms with Crippen LogP contribution in [0.2, 0.25) is 0 Å². The highest BCUT2D eigenvalue weighted by Crippen LogP contribution is 2.34. The zero-order chi connectivity index (χ0) is 20.8. The molecule has 1 saturated heterocycles.